The van der Waals surface area contributed by atoms with E-state index in [-0.39, 0.29) is 17.9 Å². The minimum atomic E-state index is -3.49. The van der Waals surface area contributed by atoms with Crippen LogP contribution in [-0.4, -0.2) is 71.3 Å². The van der Waals surface area contributed by atoms with Crippen molar-refractivity contribution in [1.82, 2.24) is 9.62 Å². The Hall–Kier alpha value is -2.49. The zero-order valence-corrected chi connectivity index (χ0v) is 19.1. The number of nitrogens with one attached hydrogen (secondary N) is 1. The molecule has 3 rings (SSSR count). The van der Waals surface area contributed by atoms with E-state index in [0.29, 0.717) is 42.7 Å². The largest absolute Gasteiger partial charge is 0.493 e. The molecular formula is C21H26ClN3O5S. The van der Waals surface area contributed by atoms with Crippen molar-refractivity contribution in [2.75, 3.05) is 57.6 Å². The van der Waals surface area contributed by atoms with Gasteiger partial charge in [0.05, 0.1) is 25.5 Å². The smallest absolute Gasteiger partial charge is 0.255 e. The molecule has 1 aliphatic heterocycles. The van der Waals surface area contributed by atoms with Crippen LogP contribution < -0.4 is 19.7 Å². The number of anilines is 1. The van der Waals surface area contributed by atoms with Crippen molar-refractivity contribution < 1.29 is 22.7 Å². The van der Waals surface area contributed by atoms with E-state index in [0.717, 1.165) is 5.69 Å². The first-order valence-electron chi connectivity index (χ1n) is 9.83. The van der Waals surface area contributed by atoms with Gasteiger partial charge in [-0.25, -0.2) is 8.42 Å². The van der Waals surface area contributed by atoms with E-state index in [2.05, 4.69) is 10.2 Å². The van der Waals surface area contributed by atoms with Gasteiger partial charge in [-0.05, 0) is 30.3 Å². The van der Waals surface area contributed by atoms with Gasteiger partial charge in [0.25, 0.3) is 5.91 Å². The fourth-order valence-electron chi connectivity index (χ4n) is 3.48. The first kappa shape index (κ1) is 23.2. The second kappa shape index (κ2) is 10.2. The van der Waals surface area contributed by atoms with Crippen LogP contribution in [0.1, 0.15) is 10.4 Å². The van der Waals surface area contributed by atoms with E-state index in [4.69, 9.17) is 21.1 Å². The van der Waals surface area contributed by atoms with Crippen LogP contribution in [0.3, 0.4) is 0 Å². The third-order valence-corrected chi connectivity index (χ3v) is 7.21. The van der Waals surface area contributed by atoms with E-state index in [1.54, 1.807) is 24.3 Å². The Morgan fingerprint density at radius 1 is 1.06 bits per heavy atom. The van der Waals surface area contributed by atoms with Crippen molar-refractivity contribution in [3.05, 3.63) is 53.1 Å². The number of rotatable bonds is 8. The molecule has 1 aliphatic rings. The summed E-state index contributed by atoms with van der Waals surface area (Å²) in [7, 11) is -0.563. The molecule has 0 unspecified atom stereocenters. The summed E-state index contributed by atoms with van der Waals surface area (Å²) >= 11 is 6.05. The van der Waals surface area contributed by atoms with Gasteiger partial charge >= 0.3 is 0 Å². The molecule has 1 fully saturated rings. The van der Waals surface area contributed by atoms with Crippen molar-refractivity contribution >= 4 is 33.2 Å². The maximum Gasteiger partial charge on any atom is 0.255 e. The SMILES string of the molecule is COc1cccc(C(=O)NCCS(=O)(=O)N2CCN(c3cccc(Cl)c3)CC2)c1OC. The maximum atomic E-state index is 12.7. The van der Waals surface area contributed by atoms with Gasteiger partial charge in [-0.15, -0.1) is 0 Å². The van der Waals surface area contributed by atoms with Crippen LogP contribution in [0, 0.1) is 0 Å². The van der Waals surface area contributed by atoms with Crippen LogP contribution in [0.2, 0.25) is 5.02 Å². The molecule has 2 aromatic carbocycles. The Morgan fingerprint density at radius 2 is 1.77 bits per heavy atom. The molecule has 31 heavy (non-hydrogen) atoms. The quantitative estimate of drug-likeness (QED) is 0.640. The highest BCUT2D eigenvalue weighted by atomic mass is 35.5. The van der Waals surface area contributed by atoms with Gasteiger partial charge < -0.3 is 19.7 Å². The van der Waals surface area contributed by atoms with E-state index in [1.165, 1.54) is 18.5 Å². The molecule has 0 bridgehead atoms. The fourth-order valence-corrected chi connectivity index (χ4v) is 5.00. The third-order valence-electron chi connectivity index (χ3n) is 5.10. The lowest BCUT2D eigenvalue weighted by Gasteiger charge is -2.35. The lowest BCUT2D eigenvalue weighted by atomic mass is 10.1. The molecule has 1 heterocycles. The number of halogens is 1. The van der Waals surface area contributed by atoms with Gasteiger partial charge in [0.1, 0.15) is 0 Å². The average molecular weight is 468 g/mol. The highest BCUT2D eigenvalue weighted by molar-refractivity contribution is 7.89. The number of carbonyl (C=O) groups excluding carboxylic acids is 1. The molecule has 168 valence electrons. The number of methoxy groups -OCH3 is 2. The van der Waals surface area contributed by atoms with Crippen LogP contribution in [0.15, 0.2) is 42.5 Å². The first-order valence-corrected chi connectivity index (χ1v) is 11.8. The van der Waals surface area contributed by atoms with Crippen molar-refractivity contribution in [2.24, 2.45) is 0 Å². The number of para-hydroxylation sites is 1. The predicted octanol–water partition coefficient (Wildman–Crippen LogP) is 2.24. The van der Waals surface area contributed by atoms with Crippen molar-refractivity contribution in [3.8, 4) is 11.5 Å². The van der Waals surface area contributed by atoms with Crippen molar-refractivity contribution in [3.63, 3.8) is 0 Å². The normalized spacial score (nSPS) is 14.9. The number of amides is 1. The maximum absolute atomic E-state index is 12.7. The molecule has 10 heteroatoms. The third kappa shape index (κ3) is 5.61. The molecule has 1 saturated heterocycles. The Morgan fingerprint density at radius 3 is 2.42 bits per heavy atom. The number of hydrogen-bond donors (Lipinski definition) is 1. The lowest BCUT2D eigenvalue weighted by Crippen LogP contribution is -2.50. The fraction of sp³-hybridized carbons (Fsp3) is 0.381. The van der Waals surface area contributed by atoms with E-state index in [1.807, 2.05) is 18.2 Å². The molecule has 1 amide bonds. The van der Waals surface area contributed by atoms with Crippen LogP contribution >= 0.6 is 11.6 Å². The summed E-state index contributed by atoms with van der Waals surface area (Å²) < 4.78 is 37.3. The minimum Gasteiger partial charge on any atom is -0.493 e. The number of benzene rings is 2. The van der Waals surface area contributed by atoms with Crippen LogP contribution in [-0.2, 0) is 10.0 Å². The summed E-state index contributed by atoms with van der Waals surface area (Å²) in [4.78, 5) is 14.6. The summed E-state index contributed by atoms with van der Waals surface area (Å²) in [5.41, 5.74) is 1.26. The number of piperazine rings is 1. The molecular weight excluding hydrogens is 442 g/mol. The minimum absolute atomic E-state index is 0.00393. The van der Waals surface area contributed by atoms with Gasteiger partial charge in [-0.2, -0.15) is 4.31 Å². The number of hydrogen-bond acceptors (Lipinski definition) is 6. The second-order valence-electron chi connectivity index (χ2n) is 6.98. The monoisotopic (exact) mass is 467 g/mol. The Kier molecular flexibility index (Phi) is 7.64. The highest BCUT2D eigenvalue weighted by Crippen LogP contribution is 2.30. The Labute approximate surface area is 187 Å². The molecule has 1 N–H and O–H groups in total. The number of ether oxygens (including phenoxy) is 2. The summed E-state index contributed by atoms with van der Waals surface area (Å²) in [6.45, 7) is 1.91. The first-order chi connectivity index (χ1) is 14.9. The van der Waals surface area contributed by atoms with E-state index < -0.39 is 15.9 Å². The second-order valence-corrected chi connectivity index (χ2v) is 9.50. The summed E-state index contributed by atoms with van der Waals surface area (Å²) in [5, 5.41) is 3.30. The van der Waals surface area contributed by atoms with Gasteiger partial charge in [0.2, 0.25) is 10.0 Å². The van der Waals surface area contributed by atoms with Crippen LogP contribution in [0.4, 0.5) is 5.69 Å². The topological polar surface area (TPSA) is 88.2 Å². The molecule has 0 spiro atoms. The summed E-state index contributed by atoms with van der Waals surface area (Å²) in [5.74, 6) is 0.141. The molecule has 0 saturated carbocycles. The zero-order chi connectivity index (χ0) is 22.4. The molecule has 8 nitrogen and oxygen atoms in total. The van der Waals surface area contributed by atoms with Crippen molar-refractivity contribution in [1.29, 1.82) is 0 Å². The van der Waals surface area contributed by atoms with Crippen LogP contribution in [0.25, 0.3) is 0 Å². The standard InChI is InChI=1S/C21H26ClN3O5S/c1-29-19-8-4-7-18(20(19)30-2)21(26)23-9-14-31(27,28)25-12-10-24(11-13-25)17-6-3-5-16(22)15-17/h3-8,15H,9-14H2,1-2H3,(H,23,26). The van der Waals surface area contributed by atoms with E-state index in [9.17, 15) is 13.2 Å². The van der Waals surface area contributed by atoms with E-state index >= 15 is 0 Å². The van der Waals surface area contributed by atoms with Crippen molar-refractivity contribution in [2.45, 2.75) is 0 Å². The molecule has 0 aromatic heterocycles. The van der Waals surface area contributed by atoms with Gasteiger partial charge in [-0.1, -0.05) is 23.7 Å². The Balaban J connectivity index is 1.53. The molecule has 0 aliphatic carbocycles. The highest BCUT2D eigenvalue weighted by Gasteiger charge is 2.27. The number of carbonyl (C=O) groups is 1. The molecule has 0 radical (unpaired) electrons. The average Bonchev–Trinajstić information content (AvgIpc) is 2.78. The number of sulfonamides is 1. The lowest BCUT2D eigenvalue weighted by molar-refractivity contribution is 0.0952. The predicted molar refractivity (Wildman–Crippen MR) is 121 cm³/mol. The zero-order valence-electron chi connectivity index (χ0n) is 17.5. The Bertz CT molecular complexity index is 1020. The van der Waals surface area contributed by atoms with Crippen LogP contribution in [0.5, 0.6) is 11.5 Å². The number of nitrogens with zero attached hydrogens (tertiary/aromatic N) is 2. The van der Waals surface area contributed by atoms with Gasteiger partial charge in [0, 0.05) is 43.4 Å². The van der Waals surface area contributed by atoms with Gasteiger partial charge in [0.15, 0.2) is 11.5 Å². The molecule has 2 aromatic rings. The summed E-state index contributed by atoms with van der Waals surface area (Å²) in [6.07, 6.45) is 0. The van der Waals surface area contributed by atoms with Gasteiger partial charge in [-0.3, -0.25) is 4.79 Å². The molecule has 0 atom stereocenters. The summed E-state index contributed by atoms with van der Waals surface area (Å²) in [6, 6.07) is 12.5.